The molecule has 2 unspecified atom stereocenters. The van der Waals surface area contributed by atoms with Crippen molar-refractivity contribution in [1.82, 2.24) is 10.4 Å². The van der Waals surface area contributed by atoms with Gasteiger partial charge in [-0.05, 0) is 19.1 Å². The number of amides is 1. The number of thioether (sulfide) groups is 1. The number of nitrogens with one attached hydrogen (secondary N) is 1. The van der Waals surface area contributed by atoms with Crippen molar-refractivity contribution < 1.29 is 9.90 Å². The fraction of sp³-hybridized carbons (Fsp3) is 0.455. The summed E-state index contributed by atoms with van der Waals surface area (Å²) in [6.07, 6.45) is 1.15. The standard InChI is InChI=1S/C11H17N3O2S/c1-7(15)8(2)17-6-10-4-3-9(5-13-10)11(16)14-12/h3-5,7-8,15H,6,12H2,1-2H3,(H,14,16). The Morgan fingerprint density at radius 3 is 2.76 bits per heavy atom. The van der Waals surface area contributed by atoms with Crippen LogP contribution in [0.15, 0.2) is 18.3 Å². The van der Waals surface area contributed by atoms with E-state index in [1.165, 1.54) is 6.20 Å². The number of nitrogens with two attached hydrogens (primary N) is 1. The quantitative estimate of drug-likeness (QED) is 0.409. The average molecular weight is 255 g/mol. The zero-order valence-corrected chi connectivity index (χ0v) is 10.7. The van der Waals surface area contributed by atoms with Gasteiger partial charge in [-0.3, -0.25) is 15.2 Å². The molecule has 0 aliphatic rings. The Labute approximate surface area is 105 Å². The van der Waals surface area contributed by atoms with Gasteiger partial charge in [0.25, 0.3) is 5.91 Å². The van der Waals surface area contributed by atoms with Crippen LogP contribution in [0.4, 0.5) is 0 Å². The van der Waals surface area contributed by atoms with Gasteiger partial charge in [-0.25, -0.2) is 5.84 Å². The molecule has 6 heteroatoms. The molecule has 17 heavy (non-hydrogen) atoms. The number of aliphatic hydroxyl groups excluding tert-OH is 1. The number of nitrogen functional groups attached to an aromatic ring is 1. The van der Waals surface area contributed by atoms with E-state index in [1.54, 1.807) is 30.8 Å². The highest BCUT2D eigenvalue weighted by Crippen LogP contribution is 2.18. The average Bonchev–Trinajstić information content (AvgIpc) is 2.35. The molecule has 1 heterocycles. The minimum atomic E-state index is -0.353. The van der Waals surface area contributed by atoms with Crippen LogP contribution in [0.2, 0.25) is 0 Å². The summed E-state index contributed by atoms with van der Waals surface area (Å²) < 4.78 is 0. The highest BCUT2D eigenvalue weighted by molar-refractivity contribution is 7.99. The van der Waals surface area contributed by atoms with Crippen molar-refractivity contribution in [3.8, 4) is 0 Å². The summed E-state index contributed by atoms with van der Waals surface area (Å²) in [4.78, 5) is 15.3. The fourth-order valence-corrected chi connectivity index (χ4v) is 1.97. The third-order valence-electron chi connectivity index (χ3n) is 2.39. The second kappa shape index (κ2) is 6.58. The molecule has 0 fully saturated rings. The topological polar surface area (TPSA) is 88.2 Å². The lowest BCUT2D eigenvalue weighted by molar-refractivity contribution is 0.0953. The minimum Gasteiger partial charge on any atom is -0.392 e. The predicted octanol–water partition coefficient (Wildman–Crippen LogP) is 0.688. The van der Waals surface area contributed by atoms with Crippen molar-refractivity contribution in [3.63, 3.8) is 0 Å². The molecule has 0 aliphatic carbocycles. The monoisotopic (exact) mass is 255 g/mol. The molecule has 0 saturated heterocycles. The lowest BCUT2D eigenvalue weighted by atomic mass is 10.2. The number of aromatic nitrogens is 1. The Balaban J connectivity index is 2.54. The van der Waals surface area contributed by atoms with Crippen LogP contribution in [0.25, 0.3) is 0 Å². The first-order valence-corrected chi connectivity index (χ1v) is 6.35. The molecule has 0 bridgehead atoms. The van der Waals surface area contributed by atoms with E-state index in [9.17, 15) is 9.90 Å². The van der Waals surface area contributed by atoms with Crippen molar-refractivity contribution >= 4 is 17.7 Å². The van der Waals surface area contributed by atoms with Crippen LogP contribution >= 0.6 is 11.8 Å². The van der Waals surface area contributed by atoms with E-state index in [2.05, 4.69) is 4.98 Å². The number of carbonyl (C=O) groups excluding carboxylic acids is 1. The van der Waals surface area contributed by atoms with Crippen molar-refractivity contribution in [1.29, 1.82) is 0 Å². The van der Waals surface area contributed by atoms with Gasteiger partial charge in [-0.1, -0.05) is 6.92 Å². The van der Waals surface area contributed by atoms with E-state index in [0.29, 0.717) is 11.3 Å². The number of hydrazine groups is 1. The van der Waals surface area contributed by atoms with Crippen LogP contribution in [-0.2, 0) is 5.75 Å². The molecule has 2 atom stereocenters. The number of hydrogen-bond acceptors (Lipinski definition) is 5. The number of pyridine rings is 1. The SMILES string of the molecule is CC(O)C(C)SCc1ccc(C(=O)NN)cn1. The largest absolute Gasteiger partial charge is 0.392 e. The Bertz CT molecular complexity index is 367. The second-order valence-electron chi connectivity index (χ2n) is 3.77. The molecule has 94 valence electrons. The smallest absolute Gasteiger partial charge is 0.266 e. The summed E-state index contributed by atoms with van der Waals surface area (Å²) in [6.45, 7) is 3.73. The summed E-state index contributed by atoms with van der Waals surface area (Å²) >= 11 is 1.62. The van der Waals surface area contributed by atoms with Gasteiger partial charge in [0.2, 0.25) is 0 Å². The van der Waals surface area contributed by atoms with Crippen molar-refractivity contribution in [2.75, 3.05) is 0 Å². The minimum absolute atomic E-state index is 0.156. The van der Waals surface area contributed by atoms with Gasteiger partial charge in [-0.15, -0.1) is 11.8 Å². The molecule has 5 nitrogen and oxygen atoms in total. The van der Waals surface area contributed by atoms with E-state index in [-0.39, 0.29) is 17.3 Å². The highest BCUT2D eigenvalue weighted by atomic mass is 32.2. The number of nitrogens with zero attached hydrogens (tertiary/aromatic N) is 1. The molecule has 0 saturated carbocycles. The van der Waals surface area contributed by atoms with Gasteiger partial charge in [0, 0.05) is 17.2 Å². The zero-order chi connectivity index (χ0) is 12.8. The van der Waals surface area contributed by atoms with Gasteiger partial charge in [0.15, 0.2) is 0 Å². The molecule has 1 aromatic heterocycles. The van der Waals surface area contributed by atoms with E-state index >= 15 is 0 Å². The first-order valence-electron chi connectivity index (χ1n) is 5.30. The maximum Gasteiger partial charge on any atom is 0.266 e. The van der Waals surface area contributed by atoms with Gasteiger partial charge in [0.1, 0.15) is 0 Å². The first kappa shape index (κ1) is 14.0. The van der Waals surface area contributed by atoms with Crippen LogP contribution in [0.1, 0.15) is 29.9 Å². The van der Waals surface area contributed by atoms with Gasteiger partial charge >= 0.3 is 0 Å². The Hall–Kier alpha value is -1.11. The number of carbonyl (C=O) groups is 1. The van der Waals surface area contributed by atoms with E-state index < -0.39 is 0 Å². The summed E-state index contributed by atoms with van der Waals surface area (Å²) in [5.41, 5.74) is 3.36. The second-order valence-corrected chi connectivity index (χ2v) is 5.13. The summed E-state index contributed by atoms with van der Waals surface area (Å²) in [6, 6.07) is 3.46. The molecule has 1 rings (SSSR count). The van der Waals surface area contributed by atoms with Crippen LogP contribution in [0.3, 0.4) is 0 Å². The van der Waals surface area contributed by atoms with Crippen LogP contribution in [-0.4, -0.2) is 27.4 Å². The molecule has 1 amide bonds. The van der Waals surface area contributed by atoms with E-state index in [4.69, 9.17) is 5.84 Å². The molecule has 0 aromatic carbocycles. The van der Waals surface area contributed by atoms with Crippen molar-refractivity contribution in [2.24, 2.45) is 5.84 Å². The molecule has 0 radical (unpaired) electrons. The Morgan fingerprint density at radius 2 is 2.29 bits per heavy atom. The third kappa shape index (κ3) is 4.33. The lowest BCUT2D eigenvalue weighted by Crippen LogP contribution is -2.30. The molecular weight excluding hydrogens is 238 g/mol. The van der Waals surface area contributed by atoms with Gasteiger partial charge in [0.05, 0.1) is 17.4 Å². The maximum atomic E-state index is 11.2. The predicted molar refractivity (Wildman–Crippen MR) is 68.3 cm³/mol. The Morgan fingerprint density at radius 1 is 1.59 bits per heavy atom. The normalized spacial score (nSPS) is 14.1. The number of rotatable bonds is 5. The Kier molecular flexibility index (Phi) is 5.40. The lowest BCUT2D eigenvalue weighted by Gasteiger charge is -2.13. The number of aliphatic hydroxyl groups is 1. The summed E-state index contributed by atoms with van der Waals surface area (Å²) in [7, 11) is 0. The fourth-order valence-electron chi connectivity index (χ4n) is 1.08. The van der Waals surface area contributed by atoms with Gasteiger partial charge < -0.3 is 5.11 Å². The van der Waals surface area contributed by atoms with Gasteiger partial charge in [-0.2, -0.15) is 0 Å². The third-order valence-corrected chi connectivity index (χ3v) is 3.77. The summed E-state index contributed by atoms with van der Waals surface area (Å²) in [5.74, 6) is 5.37. The highest BCUT2D eigenvalue weighted by Gasteiger charge is 2.10. The van der Waals surface area contributed by atoms with Crippen LogP contribution in [0, 0.1) is 0 Å². The molecule has 4 N–H and O–H groups in total. The maximum absolute atomic E-state index is 11.2. The van der Waals surface area contributed by atoms with E-state index in [0.717, 1.165) is 5.69 Å². The zero-order valence-electron chi connectivity index (χ0n) is 9.88. The van der Waals surface area contributed by atoms with Crippen LogP contribution in [0.5, 0.6) is 0 Å². The molecule has 1 aromatic rings. The molecular formula is C11H17N3O2S. The van der Waals surface area contributed by atoms with Crippen molar-refractivity contribution in [3.05, 3.63) is 29.6 Å². The first-order chi connectivity index (χ1) is 8.04. The van der Waals surface area contributed by atoms with E-state index in [1.807, 2.05) is 12.3 Å². The molecule has 0 spiro atoms. The van der Waals surface area contributed by atoms with Crippen molar-refractivity contribution in [2.45, 2.75) is 31.0 Å². The molecule has 0 aliphatic heterocycles. The van der Waals surface area contributed by atoms with Crippen LogP contribution < -0.4 is 11.3 Å². The number of hydrogen-bond donors (Lipinski definition) is 3. The summed E-state index contributed by atoms with van der Waals surface area (Å²) in [5, 5.41) is 9.50.